The van der Waals surface area contributed by atoms with Gasteiger partial charge in [0.25, 0.3) is 0 Å². The lowest BCUT2D eigenvalue weighted by Crippen LogP contribution is -2.39. The van der Waals surface area contributed by atoms with Gasteiger partial charge in [0.1, 0.15) is 30.3 Å². The molecule has 3 aromatic rings. The topological polar surface area (TPSA) is 101 Å². The van der Waals surface area contributed by atoms with Crippen LogP contribution in [0.4, 0.5) is 0 Å². The molecule has 1 saturated heterocycles. The van der Waals surface area contributed by atoms with Gasteiger partial charge in [0.05, 0.1) is 11.8 Å². The van der Waals surface area contributed by atoms with Gasteiger partial charge in [0.15, 0.2) is 6.23 Å². The zero-order valence-corrected chi connectivity index (χ0v) is 14.3. The maximum absolute atomic E-state index is 10.5. The van der Waals surface area contributed by atoms with Crippen LogP contribution >= 0.6 is 0 Å². The van der Waals surface area contributed by atoms with Crippen LogP contribution < -0.4 is 0 Å². The number of fused-ring (bicyclic) bond motifs is 1. The van der Waals surface area contributed by atoms with Gasteiger partial charge in [-0.05, 0) is 18.6 Å². The van der Waals surface area contributed by atoms with Gasteiger partial charge in [-0.15, -0.1) is 0 Å². The molecule has 26 heavy (non-hydrogen) atoms. The summed E-state index contributed by atoms with van der Waals surface area (Å²) >= 11 is 0. The van der Waals surface area contributed by atoms with Crippen LogP contribution in [0.25, 0.3) is 11.0 Å². The molecule has 7 heteroatoms. The lowest BCUT2D eigenvalue weighted by Gasteiger charge is -2.21. The monoisotopic (exact) mass is 355 g/mol. The van der Waals surface area contributed by atoms with Crippen LogP contribution in [0.15, 0.2) is 48.9 Å². The molecule has 0 unspecified atom stereocenters. The van der Waals surface area contributed by atoms with Crippen molar-refractivity contribution < 1.29 is 20.1 Å². The summed E-state index contributed by atoms with van der Waals surface area (Å²) in [5, 5.41) is 32.3. The van der Waals surface area contributed by atoms with Gasteiger partial charge in [0, 0.05) is 18.0 Å². The molecule has 7 nitrogen and oxygen atoms in total. The van der Waals surface area contributed by atoms with Crippen molar-refractivity contribution in [1.29, 1.82) is 0 Å². The van der Waals surface area contributed by atoms with Crippen molar-refractivity contribution in [3.8, 4) is 0 Å². The maximum atomic E-state index is 10.5. The third-order valence-electron chi connectivity index (χ3n) is 4.92. The van der Waals surface area contributed by atoms with Crippen molar-refractivity contribution >= 4 is 11.0 Å². The Labute approximate surface area is 150 Å². The molecule has 3 heterocycles. The highest BCUT2D eigenvalue weighted by Gasteiger charge is 2.47. The number of aromatic nitrogens is 3. The molecule has 0 aliphatic carbocycles. The van der Waals surface area contributed by atoms with Crippen LogP contribution in [0, 0.1) is 6.92 Å². The third-order valence-corrected chi connectivity index (χ3v) is 4.92. The van der Waals surface area contributed by atoms with Crippen LogP contribution in [-0.4, -0.2) is 54.3 Å². The van der Waals surface area contributed by atoms with E-state index in [9.17, 15) is 15.3 Å². The average Bonchev–Trinajstić information content (AvgIpc) is 3.19. The first kappa shape index (κ1) is 17.1. The van der Waals surface area contributed by atoms with Gasteiger partial charge < -0.3 is 24.6 Å². The molecule has 2 aromatic heterocycles. The van der Waals surface area contributed by atoms with E-state index in [1.54, 1.807) is 10.8 Å². The van der Waals surface area contributed by atoms with Crippen molar-refractivity contribution in [2.45, 2.75) is 44.0 Å². The Balaban J connectivity index is 1.58. The van der Waals surface area contributed by atoms with Crippen LogP contribution in [0.5, 0.6) is 0 Å². The highest BCUT2D eigenvalue weighted by atomic mass is 16.6. The molecule has 1 aromatic carbocycles. The summed E-state index contributed by atoms with van der Waals surface area (Å²) < 4.78 is 7.54. The third kappa shape index (κ3) is 2.89. The smallest absolute Gasteiger partial charge is 0.164 e. The summed E-state index contributed by atoms with van der Waals surface area (Å²) in [6.07, 6.45) is -1.49. The van der Waals surface area contributed by atoms with Crippen molar-refractivity contribution in [1.82, 2.24) is 14.5 Å². The van der Waals surface area contributed by atoms with Gasteiger partial charge >= 0.3 is 0 Å². The zero-order valence-electron chi connectivity index (χ0n) is 14.3. The molecule has 0 amide bonds. The van der Waals surface area contributed by atoms with Crippen LogP contribution in [-0.2, 0) is 11.2 Å². The first-order chi connectivity index (χ1) is 12.6. The van der Waals surface area contributed by atoms with E-state index >= 15 is 0 Å². The Kier molecular flexibility index (Phi) is 4.46. The average molecular weight is 355 g/mol. The molecule has 0 radical (unpaired) electrons. The normalized spacial score (nSPS) is 27.1. The lowest BCUT2D eigenvalue weighted by atomic mass is 9.99. The number of aliphatic hydroxyl groups is 3. The van der Waals surface area contributed by atoms with Gasteiger partial charge in [0.2, 0.25) is 0 Å². The molecule has 4 rings (SSSR count). The minimum absolute atomic E-state index is 0.329. The fourth-order valence-electron chi connectivity index (χ4n) is 3.51. The van der Waals surface area contributed by atoms with Gasteiger partial charge in [-0.25, -0.2) is 9.97 Å². The molecular weight excluding hydrogens is 334 g/mol. The van der Waals surface area contributed by atoms with Crippen molar-refractivity contribution in [2.75, 3.05) is 0 Å². The van der Waals surface area contributed by atoms with E-state index in [-0.39, 0.29) is 0 Å². The van der Waals surface area contributed by atoms with E-state index in [4.69, 9.17) is 4.74 Å². The summed E-state index contributed by atoms with van der Waals surface area (Å²) in [7, 11) is 0. The minimum atomic E-state index is -1.20. The van der Waals surface area contributed by atoms with E-state index < -0.39 is 30.6 Å². The van der Waals surface area contributed by atoms with Crippen molar-refractivity contribution in [2.24, 2.45) is 0 Å². The zero-order chi connectivity index (χ0) is 18.3. The van der Waals surface area contributed by atoms with Crippen molar-refractivity contribution in [3.05, 3.63) is 60.2 Å². The summed E-state index contributed by atoms with van der Waals surface area (Å²) in [6, 6.07) is 11.3. The second-order valence-corrected chi connectivity index (χ2v) is 6.65. The van der Waals surface area contributed by atoms with Gasteiger partial charge in [-0.2, -0.15) is 0 Å². The summed E-state index contributed by atoms with van der Waals surface area (Å²) in [5.74, 6) is 0. The van der Waals surface area contributed by atoms with E-state index in [0.717, 1.165) is 16.6 Å². The molecule has 5 atom stereocenters. The number of rotatable bonds is 4. The summed E-state index contributed by atoms with van der Waals surface area (Å²) in [4.78, 5) is 8.41. The highest BCUT2D eigenvalue weighted by molar-refractivity contribution is 5.78. The Bertz CT molecular complexity index is 898. The fraction of sp³-hybridized carbons (Fsp3) is 0.368. The SMILES string of the molecule is Cc1ncnc2c1ccn2[C@@H]1O[C@H]([C@@H](O)Cc2ccccc2)[C@@H](O)[C@H]1O. The summed E-state index contributed by atoms with van der Waals surface area (Å²) in [6.45, 7) is 1.88. The summed E-state index contributed by atoms with van der Waals surface area (Å²) in [5.41, 5.74) is 2.37. The molecule has 1 aliphatic rings. The second-order valence-electron chi connectivity index (χ2n) is 6.65. The molecule has 1 fully saturated rings. The maximum Gasteiger partial charge on any atom is 0.164 e. The largest absolute Gasteiger partial charge is 0.390 e. The number of hydrogen-bond donors (Lipinski definition) is 3. The fourth-order valence-corrected chi connectivity index (χ4v) is 3.51. The predicted molar refractivity (Wildman–Crippen MR) is 94.3 cm³/mol. The molecule has 3 N–H and O–H groups in total. The van der Waals surface area contributed by atoms with Gasteiger partial charge in [-0.1, -0.05) is 30.3 Å². The van der Waals surface area contributed by atoms with Gasteiger partial charge in [-0.3, -0.25) is 0 Å². The molecule has 1 aliphatic heterocycles. The molecule has 136 valence electrons. The first-order valence-electron chi connectivity index (χ1n) is 8.58. The Morgan fingerprint density at radius 1 is 1.12 bits per heavy atom. The molecule has 0 spiro atoms. The standard InChI is InChI=1S/C19H21N3O4/c1-11-13-7-8-22(18(13)21-10-20-11)19-16(25)15(24)17(26-19)14(23)9-12-5-3-2-4-6-12/h2-8,10,14-17,19,23-25H,9H2,1H3/t14-,15-,16+,17+,19+/m0/s1. The minimum Gasteiger partial charge on any atom is -0.390 e. The number of benzene rings is 1. The van der Waals surface area contributed by atoms with Crippen LogP contribution in [0.1, 0.15) is 17.5 Å². The lowest BCUT2D eigenvalue weighted by molar-refractivity contribution is -0.0827. The van der Waals surface area contributed by atoms with E-state index in [1.165, 1.54) is 6.33 Å². The second kappa shape index (κ2) is 6.77. The molecule has 0 bridgehead atoms. The Morgan fingerprint density at radius 3 is 2.65 bits per heavy atom. The highest BCUT2D eigenvalue weighted by Crippen LogP contribution is 2.34. The van der Waals surface area contributed by atoms with E-state index in [1.807, 2.05) is 43.3 Å². The first-order valence-corrected chi connectivity index (χ1v) is 8.58. The number of ether oxygens (including phenoxy) is 1. The van der Waals surface area contributed by atoms with E-state index in [0.29, 0.717) is 12.1 Å². The predicted octanol–water partition coefficient (Wildman–Crippen LogP) is 0.963. The number of nitrogens with zero attached hydrogens (tertiary/aromatic N) is 3. The van der Waals surface area contributed by atoms with E-state index in [2.05, 4.69) is 9.97 Å². The number of aryl methyl sites for hydroxylation is 1. The Hall–Kier alpha value is -2.32. The quantitative estimate of drug-likeness (QED) is 0.645. The van der Waals surface area contributed by atoms with Crippen LogP contribution in [0.3, 0.4) is 0 Å². The van der Waals surface area contributed by atoms with Crippen molar-refractivity contribution in [3.63, 3.8) is 0 Å². The number of aliphatic hydroxyl groups excluding tert-OH is 3. The van der Waals surface area contributed by atoms with Crippen LogP contribution in [0.2, 0.25) is 0 Å². The molecular formula is C19H21N3O4. The Morgan fingerprint density at radius 2 is 1.88 bits per heavy atom. The number of hydrogen-bond acceptors (Lipinski definition) is 6. The molecule has 0 saturated carbocycles.